The number of aromatic hydroxyl groups is 1. The van der Waals surface area contributed by atoms with Crippen LogP contribution in [0.15, 0.2) is 46.9 Å². The topological polar surface area (TPSA) is 49.3 Å². The van der Waals surface area contributed by atoms with Gasteiger partial charge in [-0.25, -0.2) is 0 Å². The van der Waals surface area contributed by atoms with Crippen molar-refractivity contribution in [3.63, 3.8) is 0 Å². The van der Waals surface area contributed by atoms with E-state index in [1.165, 1.54) is 0 Å². The lowest BCUT2D eigenvalue weighted by Crippen LogP contribution is -2.13. The van der Waals surface area contributed by atoms with Gasteiger partial charge in [-0.2, -0.15) is 0 Å². The van der Waals surface area contributed by atoms with E-state index >= 15 is 0 Å². The van der Waals surface area contributed by atoms with Crippen molar-refractivity contribution in [2.24, 2.45) is 0 Å². The van der Waals surface area contributed by atoms with Gasteiger partial charge < -0.3 is 10.4 Å². The predicted molar refractivity (Wildman–Crippen MR) is 72.7 cm³/mol. The molecule has 1 aliphatic rings. The van der Waals surface area contributed by atoms with E-state index in [2.05, 4.69) is 21.2 Å². The molecule has 3 rings (SSSR count). The molecular formula is C14H10BrNO2. The summed E-state index contributed by atoms with van der Waals surface area (Å²) in [6.07, 6.45) is 0. The third kappa shape index (κ3) is 1.69. The number of phenolic OH excluding ortho intramolecular Hbond substituents is 1. The minimum absolute atomic E-state index is 0.107. The molecule has 1 heterocycles. The van der Waals surface area contributed by atoms with Crippen molar-refractivity contribution in [1.29, 1.82) is 0 Å². The number of phenols is 1. The van der Waals surface area contributed by atoms with Gasteiger partial charge in [0.1, 0.15) is 5.75 Å². The first-order valence-corrected chi connectivity index (χ1v) is 6.34. The molecular weight excluding hydrogens is 294 g/mol. The fourth-order valence-electron chi connectivity index (χ4n) is 2.27. The van der Waals surface area contributed by atoms with Crippen molar-refractivity contribution in [3.05, 3.63) is 58.1 Å². The first-order chi connectivity index (χ1) is 8.66. The Morgan fingerprint density at radius 2 is 1.89 bits per heavy atom. The molecule has 18 heavy (non-hydrogen) atoms. The Morgan fingerprint density at radius 1 is 1.11 bits per heavy atom. The van der Waals surface area contributed by atoms with Crippen LogP contribution in [0.2, 0.25) is 0 Å². The molecule has 0 bridgehead atoms. The molecule has 3 nitrogen and oxygen atoms in total. The molecule has 0 aliphatic carbocycles. The monoisotopic (exact) mass is 303 g/mol. The predicted octanol–water partition coefficient (Wildman–Crippen LogP) is 3.24. The van der Waals surface area contributed by atoms with Gasteiger partial charge in [0.25, 0.3) is 0 Å². The van der Waals surface area contributed by atoms with E-state index < -0.39 is 5.92 Å². The second-order valence-corrected chi connectivity index (χ2v) is 5.13. The Kier molecular flexibility index (Phi) is 2.59. The van der Waals surface area contributed by atoms with E-state index in [-0.39, 0.29) is 11.7 Å². The maximum Gasteiger partial charge on any atom is 0.236 e. The van der Waals surface area contributed by atoms with Crippen molar-refractivity contribution >= 4 is 27.5 Å². The molecule has 1 unspecified atom stereocenters. The summed E-state index contributed by atoms with van der Waals surface area (Å²) in [6, 6.07) is 12.6. The van der Waals surface area contributed by atoms with E-state index in [1.807, 2.05) is 24.3 Å². The zero-order chi connectivity index (χ0) is 12.7. The Bertz CT molecular complexity index is 639. The van der Waals surface area contributed by atoms with Crippen molar-refractivity contribution in [1.82, 2.24) is 0 Å². The highest BCUT2D eigenvalue weighted by atomic mass is 79.9. The SMILES string of the molecule is O=C1Nc2ccccc2C1c1cc(Br)ccc1O. The molecule has 1 amide bonds. The quantitative estimate of drug-likeness (QED) is 0.850. The molecule has 2 aromatic rings. The number of carbonyl (C=O) groups is 1. The van der Waals surface area contributed by atoms with Crippen LogP contribution >= 0.6 is 15.9 Å². The summed E-state index contributed by atoms with van der Waals surface area (Å²) in [5.41, 5.74) is 2.33. The number of benzene rings is 2. The number of hydrogen-bond donors (Lipinski definition) is 2. The number of nitrogens with one attached hydrogen (secondary N) is 1. The molecule has 1 atom stereocenters. The summed E-state index contributed by atoms with van der Waals surface area (Å²) in [6.45, 7) is 0. The second-order valence-electron chi connectivity index (χ2n) is 4.21. The van der Waals surface area contributed by atoms with Crippen molar-refractivity contribution in [2.45, 2.75) is 5.92 Å². The lowest BCUT2D eigenvalue weighted by molar-refractivity contribution is -0.116. The number of fused-ring (bicyclic) bond motifs is 1. The summed E-state index contributed by atoms with van der Waals surface area (Å²) >= 11 is 3.36. The summed E-state index contributed by atoms with van der Waals surface area (Å²) in [5, 5.41) is 12.8. The molecule has 0 fully saturated rings. The van der Waals surface area contributed by atoms with Crippen molar-refractivity contribution in [3.8, 4) is 5.75 Å². The zero-order valence-electron chi connectivity index (χ0n) is 9.35. The van der Waals surface area contributed by atoms with Gasteiger partial charge in [0.2, 0.25) is 5.91 Å². The van der Waals surface area contributed by atoms with Gasteiger partial charge in [0.15, 0.2) is 0 Å². The van der Waals surface area contributed by atoms with E-state index in [4.69, 9.17) is 0 Å². The molecule has 2 N–H and O–H groups in total. The zero-order valence-corrected chi connectivity index (χ0v) is 10.9. The van der Waals surface area contributed by atoms with Crippen LogP contribution in [0.4, 0.5) is 5.69 Å². The summed E-state index contributed by atoms with van der Waals surface area (Å²) < 4.78 is 0.840. The van der Waals surface area contributed by atoms with E-state index in [0.29, 0.717) is 5.56 Å². The molecule has 0 radical (unpaired) electrons. The van der Waals surface area contributed by atoms with Gasteiger partial charge >= 0.3 is 0 Å². The maximum absolute atomic E-state index is 12.1. The Morgan fingerprint density at radius 3 is 2.72 bits per heavy atom. The van der Waals surface area contributed by atoms with Crippen LogP contribution < -0.4 is 5.32 Å². The van der Waals surface area contributed by atoms with Crippen molar-refractivity contribution in [2.75, 3.05) is 5.32 Å². The third-order valence-electron chi connectivity index (χ3n) is 3.09. The average molecular weight is 304 g/mol. The molecule has 0 aromatic heterocycles. The highest BCUT2D eigenvalue weighted by Gasteiger charge is 2.33. The molecule has 0 spiro atoms. The number of rotatable bonds is 1. The minimum Gasteiger partial charge on any atom is -0.508 e. The lowest BCUT2D eigenvalue weighted by atomic mass is 9.92. The van der Waals surface area contributed by atoms with Gasteiger partial charge in [0.05, 0.1) is 5.92 Å². The summed E-state index contributed by atoms with van der Waals surface area (Å²) in [4.78, 5) is 12.1. The first kappa shape index (κ1) is 11.3. The third-order valence-corrected chi connectivity index (χ3v) is 3.59. The number of anilines is 1. The van der Waals surface area contributed by atoms with Gasteiger partial charge in [-0.3, -0.25) is 4.79 Å². The summed E-state index contributed by atoms with van der Waals surface area (Å²) in [7, 11) is 0. The molecule has 0 saturated carbocycles. The standard InChI is InChI=1S/C14H10BrNO2/c15-8-5-6-12(17)10(7-8)13-9-3-1-2-4-11(9)16-14(13)18/h1-7,13,17H,(H,16,18). The largest absolute Gasteiger partial charge is 0.508 e. The van der Waals surface area contributed by atoms with Crippen LogP contribution in [-0.4, -0.2) is 11.0 Å². The number of para-hydroxylation sites is 1. The van der Waals surface area contributed by atoms with Gasteiger partial charge in [-0.1, -0.05) is 34.1 Å². The van der Waals surface area contributed by atoms with E-state index in [1.54, 1.807) is 18.2 Å². The summed E-state index contributed by atoms with van der Waals surface area (Å²) in [5.74, 6) is -0.418. The number of carbonyl (C=O) groups excluding carboxylic acids is 1. The van der Waals surface area contributed by atoms with Crippen molar-refractivity contribution < 1.29 is 9.90 Å². The highest BCUT2D eigenvalue weighted by molar-refractivity contribution is 9.10. The Labute approximate surface area is 113 Å². The smallest absolute Gasteiger partial charge is 0.236 e. The fourth-order valence-corrected chi connectivity index (χ4v) is 2.65. The minimum atomic E-state index is -0.446. The number of hydrogen-bond acceptors (Lipinski definition) is 2. The van der Waals surface area contributed by atoms with Crippen LogP contribution in [-0.2, 0) is 4.79 Å². The van der Waals surface area contributed by atoms with E-state index in [0.717, 1.165) is 15.7 Å². The maximum atomic E-state index is 12.1. The Hall–Kier alpha value is -1.81. The van der Waals surface area contributed by atoms with Gasteiger partial charge in [-0.05, 0) is 29.8 Å². The van der Waals surface area contributed by atoms with Crippen LogP contribution in [0, 0.1) is 0 Å². The fraction of sp³-hybridized carbons (Fsp3) is 0.0714. The molecule has 0 saturated heterocycles. The number of amides is 1. The second kappa shape index (κ2) is 4.14. The molecule has 90 valence electrons. The highest BCUT2D eigenvalue weighted by Crippen LogP contribution is 2.40. The normalized spacial score (nSPS) is 17.4. The van der Waals surface area contributed by atoms with Crippen LogP contribution in [0.25, 0.3) is 0 Å². The number of halogens is 1. The molecule has 1 aliphatic heterocycles. The average Bonchev–Trinajstić information content (AvgIpc) is 2.68. The van der Waals surface area contributed by atoms with Gasteiger partial charge in [-0.15, -0.1) is 0 Å². The molecule has 2 aromatic carbocycles. The Balaban J connectivity index is 2.17. The lowest BCUT2D eigenvalue weighted by Gasteiger charge is -2.11. The van der Waals surface area contributed by atoms with Crippen LogP contribution in [0.3, 0.4) is 0 Å². The van der Waals surface area contributed by atoms with Gasteiger partial charge in [0, 0.05) is 15.7 Å². The van der Waals surface area contributed by atoms with Crippen LogP contribution in [0.5, 0.6) is 5.75 Å². The molecule has 4 heteroatoms. The van der Waals surface area contributed by atoms with Crippen LogP contribution in [0.1, 0.15) is 17.0 Å². The van der Waals surface area contributed by atoms with E-state index in [9.17, 15) is 9.90 Å². The first-order valence-electron chi connectivity index (χ1n) is 5.55.